The minimum absolute atomic E-state index is 0.0777. The van der Waals surface area contributed by atoms with Gasteiger partial charge < -0.3 is 4.90 Å². The van der Waals surface area contributed by atoms with Crippen molar-refractivity contribution in [3.8, 4) is 0 Å². The van der Waals surface area contributed by atoms with Gasteiger partial charge in [0.1, 0.15) is 6.04 Å². The number of nitrogens with one attached hydrogen (secondary N) is 1. The van der Waals surface area contributed by atoms with Crippen molar-refractivity contribution in [1.82, 2.24) is 5.43 Å². The van der Waals surface area contributed by atoms with Crippen LogP contribution in [0.3, 0.4) is 0 Å². The molecule has 0 aromatic heterocycles. The minimum Gasteiger partial charge on any atom is -0.354 e. The topological polar surface area (TPSA) is 58.4 Å². The van der Waals surface area contributed by atoms with E-state index in [0.717, 1.165) is 12.8 Å². The predicted octanol–water partition coefficient (Wildman–Crippen LogP) is 2.86. The van der Waals surface area contributed by atoms with E-state index >= 15 is 0 Å². The first-order chi connectivity index (χ1) is 9.83. The largest absolute Gasteiger partial charge is 0.354 e. The number of carbonyl (C=O) groups excluding carboxylic acids is 1. The molecule has 1 aromatic rings. The summed E-state index contributed by atoms with van der Waals surface area (Å²) in [5, 5.41) is 0. The first kappa shape index (κ1) is 15.8. The lowest BCUT2D eigenvalue weighted by Crippen LogP contribution is -2.59. The maximum Gasteiger partial charge on any atom is 0.256 e. The van der Waals surface area contributed by atoms with Gasteiger partial charge in [0, 0.05) is 11.2 Å². The fraction of sp³-hybridized carbons (Fsp3) is 0.588. The molecule has 21 heavy (non-hydrogen) atoms. The van der Waals surface area contributed by atoms with Crippen molar-refractivity contribution in [2.45, 2.75) is 65.0 Å². The van der Waals surface area contributed by atoms with E-state index in [4.69, 9.17) is 5.84 Å². The second kappa shape index (κ2) is 5.68. The number of nitrogens with two attached hydrogens (primary N) is 1. The maximum atomic E-state index is 12.3. The Morgan fingerprint density at radius 2 is 2.19 bits per heavy atom. The van der Waals surface area contributed by atoms with E-state index in [1.807, 2.05) is 6.92 Å². The Kier molecular flexibility index (Phi) is 4.28. The third kappa shape index (κ3) is 2.64. The van der Waals surface area contributed by atoms with E-state index in [2.05, 4.69) is 56.2 Å². The van der Waals surface area contributed by atoms with Gasteiger partial charge in [0.2, 0.25) is 0 Å². The Bertz CT molecular complexity index is 539. The number of nitrogens with zero attached hydrogens (tertiary/aromatic N) is 1. The molecule has 0 spiro atoms. The van der Waals surface area contributed by atoms with Crippen LogP contribution >= 0.6 is 0 Å². The third-order valence-corrected chi connectivity index (χ3v) is 4.64. The summed E-state index contributed by atoms with van der Waals surface area (Å²) < 4.78 is 0. The molecule has 3 N–H and O–H groups in total. The number of fused-ring (bicyclic) bond motifs is 1. The van der Waals surface area contributed by atoms with Gasteiger partial charge in [0.05, 0.1) is 0 Å². The first-order valence-corrected chi connectivity index (χ1v) is 7.72. The Morgan fingerprint density at radius 3 is 2.76 bits per heavy atom. The number of hydrogen-bond donors (Lipinski definition) is 2. The van der Waals surface area contributed by atoms with Crippen molar-refractivity contribution < 1.29 is 4.79 Å². The number of amides is 1. The first-order valence-electron chi connectivity index (χ1n) is 7.72. The second-order valence-corrected chi connectivity index (χ2v) is 6.73. The molecule has 0 bridgehead atoms. The summed E-state index contributed by atoms with van der Waals surface area (Å²) in [6.07, 6.45) is 1.76. The lowest BCUT2D eigenvalue weighted by atomic mass is 9.78. The molecule has 4 heteroatoms. The zero-order chi connectivity index (χ0) is 15.8. The van der Waals surface area contributed by atoms with Crippen LogP contribution in [-0.2, 0) is 4.79 Å². The molecule has 1 heterocycles. The monoisotopic (exact) mass is 289 g/mol. The lowest BCUT2D eigenvalue weighted by molar-refractivity contribution is -0.122. The summed E-state index contributed by atoms with van der Waals surface area (Å²) in [6.45, 7) is 10.8. The molecule has 1 aliphatic heterocycles. The highest BCUT2D eigenvalue weighted by atomic mass is 16.2. The van der Waals surface area contributed by atoms with E-state index in [0.29, 0.717) is 5.92 Å². The zero-order valence-electron chi connectivity index (χ0n) is 13.7. The highest BCUT2D eigenvalue weighted by Gasteiger charge is 2.42. The fourth-order valence-corrected chi connectivity index (χ4v) is 3.83. The van der Waals surface area contributed by atoms with Gasteiger partial charge in [-0.3, -0.25) is 10.2 Å². The van der Waals surface area contributed by atoms with Crippen molar-refractivity contribution in [2.24, 2.45) is 5.84 Å². The molecule has 116 valence electrons. The van der Waals surface area contributed by atoms with Gasteiger partial charge in [0.15, 0.2) is 0 Å². The lowest BCUT2D eigenvalue weighted by Gasteiger charge is -2.51. The number of benzene rings is 1. The van der Waals surface area contributed by atoms with E-state index < -0.39 is 0 Å². The molecule has 1 amide bonds. The molecule has 0 saturated heterocycles. The molecular weight excluding hydrogens is 262 g/mol. The number of aryl methyl sites for hydroxylation is 1. The number of para-hydroxylation sites is 1. The molecule has 4 nitrogen and oxygen atoms in total. The standard InChI is InChI=1S/C17H27N3O/c1-6-14(16(21)19-18)20-15-11(2)8-7-9-13(15)12(3)10-17(20,4)5/h7-9,12,14H,6,10,18H2,1-5H3,(H,19,21)/t12-,14-/m1/s1. The zero-order valence-corrected chi connectivity index (χ0v) is 13.7. The van der Waals surface area contributed by atoms with Crippen molar-refractivity contribution in [2.75, 3.05) is 4.90 Å². The fourth-order valence-electron chi connectivity index (χ4n) is 3.83. The molecular formula is C17H27N3O. The van der Waals surface area contributed by atoms with Crippen molar-refractivity contribution >= 4 is 11.6 Å². The molecule has 1 aliphatic rings. The van der Waals surface area contributed by atoms with Gasteiger partial charge in [0.25, 0.3) is 5.91 Å². The van der Waals surface area contributed by atoms with E-state index in [-0.39, 0.29) is 17.5 Å². The van der Waals surface area contributed by atoms with Gasteiger partial charge in [-0.2, -0.15) is 0 Å². The minimum atomic E-state index is -0.239. The Hall–Kier alpha value is -1.55. The Morgan fingerprint density at radius 1 is 1.52 bits per heavy atom. The second-order valence-electron chi connectivity index (χ2n) is 6.73. The van der Waals surface area contributed by atoms with Crippen LogP contribution in [0.4, 0.5) is 5.69 Å². The smallest absolute Gasteiger partial charge is 0.256 e. The number of hydrogen-bond acceptors (Lipinski definition) is 3. The van der Waals surface area contributed by atoms with Crippen LogP contribution in [0.25, 0.3) is 0 Å². The SMILES string of the molecule is CC[C@H](C(=O)NN)N1c2c(C)cccc2[C@H](C)CC1(C)C. The molecule has 0 aliphatic carbocycles. The highest BCUT2D eigenvalue weighted by Crippen LogP contribution is 2.46. The van der Waals surface area contributed by atoms with Crippen molar-refractivity contribution in [1.29, 1.82) is 0 Å². The molecule has 2 rings (SSSR count). The van der Waals surface area contributed by atoms with Gasteiger partial charge in [-0.1, -0.05) is 32.0 Å². The summed E-state index contributed by atoms with van der Waals surface area (Å²) in [4.78, 5) is 14.5. The van der Waals surface area contributed by atoms with Gasteiger partial charge in [-0.15, -0.1) is 0 Å². The molecule has 0 radical (unpaired) electrons. The number of anilines is 1. The Balaban J connectivity index is 2.62. The van der Waals surface area contributed by atoms with Crippen LogP contribution in [0.1, 0.15) is 57.6 Å². The van der Waals surface area contributed by atoms with Crippen LogP contribution in [0, 0.1) is 6.92 Å². The summed E-state index contributed by atoms with van der Waals surface area (Å²) in [5.41, 5.74) is 6.01. The van der Waals surface area contributed by atoms with Crippen LogP contribution in [-0.4, -0.2) is 17.5 Å². The van der Waals surface area contributed by atoms with Gasteiger partial charge >= 0.3 is 0 Å². The van der Waals surface area contributed by atoms with E-state index in [1.165, 1.54) is 16.8 Å². The molecule has 2 atom stereocenters. The summed E-state index contributed by atoms with van der Waals surface area (Å²) in [7, 11) is 0. The highest BCUT2D eigenvalue weighted by molar-refractivity contribution is 5.86. The van der Waals surface area contributed by atoms with Gasteiger partial charge in [-0.25, -0.2) is 5.84 Å². The summed E-state index contributed by atoms with van der Waals surface area (Å²) >= 11 is 0. The normalized spacial score (nSPS) is 21.6. The average molecular weight is 289 g/mol. The van der Waals surface area contributed by atoms with E-state index in [9.17, 15) is 4.79 Å². The maximum absolute atomic E-state index is 12.3. The van der Waals surface area contributed by atoms with Crippen LogP contribution in [0.15, 0.2) is 18.2 Å². The van der Waals surface area contributed by atoms with Crippen LogP contribution < -0.4 is 16.2 Å². The molecule has 0 saturated carbocycles. The van der Waals surface area contributed by atoms with E-state index in [1.54, 1.807) is 0 Å². The Labute approximate surface area is 127 Å². The molecule has 1 aromatic carbocycles. The van der Waals surface area contributed by atoms with Crippen molar-refractivity contribution in [3.05, 3.63) is 29.3 Å². The summed E-state index contributed by atoms with van der Waals surface area (Å²) in [6, 6.07) is 6.16. The summed E-state index contributed by atoms with van der Waals surface area (Å²) in [5.74, 6) is 5.78. The molecule has 0 unspecified atom stereocenters. The predicted molar refractivity (Wildman–Crippen MR) is 87.2 cm³/mol. The molecule has 0 fully saturated rings. The average Bonchev–Trinajstić information content (AvgIpc) is 2.42. The number of hydrazine groups is 1. The third-order valence-electron chi connectivity index (χ3n) is 4.64. The van der Waals surface area contributed by atoms with Crippen LogP contribution in [0.2, 0.25) is 0 Å². The van der Waals surface area contributed by atoms with Gasteiger partial charge in [-0.05, 0) is 50.7 Å². The number of rotatable bonds is 3. The van der Waals surface area contributed by atoms with Crippen molar-refractivity contribution in [3.63, 3.8) is 0 Å². The number of carbonyl (C=O) groups is 1. The quantitative estimate of drug-likeness (QED) is 0.511. The van der Waals surface area contributed by atoms with Crippen LogP contribution in [0.5, 0.6) is 0 Å².